The maximum absolute atomic E-state index is 12.4. The van der Waals surface area contributed by atoms with Crippen molar-refractivity contribution >= 4 is 34.4 Å². The van der Waals surface area contributed by atoms with Gasteiger partial charge in [-0.15, -0.1) is 0 Å². The SMILES string of the molecule is CC(=O)c1ccccc1NC(=O)[C@@H](C)OC(=O)CCn1c(=O)n(C)c2ccccc21. The normalized spacial score (nSPS) is 11.8. The highest BCUT2D eigenvalue weighted by atomic mass is 16.5. The van der Waals surface area contributed by atoms with Gasteiger partial charge >= 0.3 is 11.7 Å². The molecule has 0 radical (unpaired) electrons. The molecule has 3 rings (SSSR count). The van der Waals surface area contributed by atoms with Crippen LogP contribution in [0.15, 0.2) is 53.3 Å². The van der Waals surface area contributed by atoms with Crippen molar-refractivity contribution in [2.45, 2.75) is 32.9 Å². The van der Waals surface area contributed by atoms with Crippen LogP contribution in [0.25, 0.3) is 11.0 Å². The first-order valence-electron chi connectivity index (χ1n) is 9.54. The summed E-state index contributed by atoms with van der Waals surface area (Å²) in [6.45, 7) is 3.00. The Labute approximate surface area is 173 Å². The number of ketones is 1. The van der Waals surface area contributed by atoms with Gasteiger partial charge in [-0.3, -0.25) is 23.5 Å². The number of aromatic nitrogens is 2. The monoisotopic (exact) mass is 409 g/mol. The number of imidazole rings is 1. The quantitative estimate of drug-likeness (QED) is 0.477. The molecule has 0 aliphatic heterocycles. The third-order valence-electron chi connectivity index (χ3n) is 4.83. The summed E-state index contributed by atoms with van der Waals surface area (Å²) in [6.07, 6.45) is -1.11. The molecule has 0 unspecified atom stereocenters. The molecule has 0 fully saturated rings. The number of esters is 1. The first kappa shape index (κ1) is 21.0. The number of amides is 1. The van der Waals surface area contributed by atoms with Crippen LogP contribution < -0.4 is 11.0 Å². The van der Waals surface area contributed by atoms with E-state index in [0.29, 0.717) is 11.3 Å². The largest absolute Gasteiger partial charge is 0.452 e. The lowest BCUT2D eigenvalue weighted by Crippen LogP contribution is -2.31. The molecule has 0 aliphatic carbocycles. The molecule has 0 spiro atoms. The van der Waals surface area contributed by atoms with Crippen molar-refractivity contribution in [3.05, 3.63) is 64.6 Å². The zero-order valence-electron chi connectivity index (χ0n) is 17.0. The summed E-state index contributed by atoms with van der Waals surface area (Å²) in [5.41, 5.74) is 2.01. The molecule has 0 saturated heterocycles. The van der Waals surface area contributed by atoms with Crippen LogP contribution >= 0.6 is 0 Å². The van der Waals surface area contributed by atoms with Crippen molar-refractivity contribution < 1.29 is 19.1 Å². The van der Waals surface area contributed by atoms with E-state index in [1.54, 1.807) is 31.3 Å². The minimum absolute atomic E-state index is 0.0600. The van der Waals surface area contributed by atoms with E-state index < -0.39 is 18.0 Å². The van der Waals surface area contributed by atoms with Crippen LogP contribution in [0.2, 0.25) is 0 Å². The van der Waals surface area contributed by atoms with Crippen LogP contribution in [-0.4, -0.2) is 32.9 Å². The number of para-hydroxylation sites is 3. The van der Waals surface area contributed by atoms with Gasteiger partial charge in [0, 0.05) is 19.2 Å². The highest BCUT2D eigenvalue weighted by Gasteiger charge is 2.20. The predicted octanol–water partition coefficient (Wildman–Crippen LogP) is 2.50. The fourth-order valence-electron chi connectivity index (χ4n) is 3.23. The molecular weight excluding hydrogens is 386 g/mol. The van der Waals surface area contributed by atoms with E-state index in [0.717, 1.165) is 11.0 Å². The van der Waals surface area contributed by atoms with Gasteiger partial charge in [-0.05, 0) is 38.1 Å². The summed E-state index contributed by atoms with van der Waals surface area (Å²) in [4.78, 5) is 48.7. The van der Waals surface area contributed by atoms with Crippen molar-refractivity contribution in [3.63, 3.8) is 0 Å². The molecule has 156 valence electrons. The number of carbonyl (C=O) groups excluding carboxylic acids is 3. The van der Waals surface area contributed by atoms with Crippen molar-refractivity contribution in [3.8, 4) is 0 Å². The maximum atomic E-state index is 12.4. The topological polar surface area (TPSA) is 99.4 Å². The molecule has 1 amide bonds. The summed E-state index contributed by atoms with van der Waals surface area (Å²) < 4.78 is 8.23. The molecule has 0 aliphatic rings. The van der Waals surface area contributed by atoms with Gasteiger partial charge in [-0.1, -0.05) is 24.3 Å². The maximum Gasteiger partial charge on any atom is 0.328 e. The molecule has 0 saturated carbocycles. The standard InChI is InChI=1S/C22H23N3O5/c1-14(26)16-8-4-5-9-17(16)23-21(28)15(2)30-20(27)12-13-25-19-11-7-6-10-18(19)24(3)22(25)29/h4-11,15H,12-13H2,1-3H3,(H,23,28)/t15-/m1/s1. The van der Waals surface area contributed by atoms with Gasteiger partial charge in [0.25, 0.3) is 5.91 Å². The van der Waals surface area contributed by atoms with Gasteiger partial charge in [0.15, 0.2) is 11.9 Å². The molecule has 1 heterocycles. The van der Waals surface area contributed by atoms with E-state index in [2.05, 4.69) is 5.32 Å². The second kappa shape index (κ2) is 8.77. The number of rotatable bonds is 7. The number of nitrogens with one attached hydrogen (secondary N) is 1. The van der Waals surface area contributed by atoms with E-state index in [9.17, 15) is 19.2 Å². The molecule has 2 aromatic carbocycles. The van der Waals surface area contributed by atoms with E-state index >= 15 is 0 Å². The Morgan fingerprint density at radius 2 is 1.67 bits per heavy atom. The summed E-state index contributed by atoms with van der Waals surface area (Å²) in [5, 5.41) is 2.61. The van der Waals surface area contributed by atoms with Crippen LogP contribution in [0.4, 0.5) is 5.69 Å². The zero-order valence-corrected chi connectivity index (χ0v) is 17.0. The zero-order chi connectivity index (χ0) is 21.8. The molecule has 0 bridgehead atoms. The summed E-state index contributed by atoms with van der Waals surface area (Å²) in [7, 11) is 1.67. The third kappa shape index (κ3) is 4.32. The molecular formula is C22H23N3O5. The van der Waals surface area contributed by atoms with Crippen molar-refractivity contribution in [2.75, 3.05) is 5.32 Å². The second-order valence-electron chi connectivity index (χ2n) is 6.96. The average molecular weight is 409 g/mol. The fraction of sp³-hybridized carbons (Fsp3) is 0.273. The number of aryl methyl sites for hydroxylation is 2. The number of nitrogens with zero attached hydrogens (tertiary/aromatic N) is 2. The fourth-order valence-corrected chi connectivity index (χ4v) is 3.23. The Balaban J connectivity index is 1.62. The number of fused-ring (bicyclic) bond motifs is 1. The molecule has 8 heteroatoms. The third-order valence-corrected chi connectivity index (χ3v) is 4.83. The Morgan fingerprint density at radius 1 is 1.03 bits per heavy atom. The summed E-state index contributed by atoms with van der Waals surface area (Å²) in [5.74, 6) is -1.33. The number of anilines is 1. The van der Waals surface area contributed by atoms with Gasteiger partial charge < -0.3 is 10.1 Å². The van der Waals surface area contributed by atoms with Gasteiger partial charge in [-0.2, -0.15) is 0 Å². The molecule has 1 atom stereocenters. The number of hydrogen-bond acceptors (Lipinski definition) is 5. The first-order valence-corrected chi connectivity index (χ1v) is 9.54. The van der Waals surface area contributed by atoms with E-state index in [-0.39, 0.29) is 24.4 Å². The highest BCUT2D eigenvalue weighted by Crippen LogP contribution is 2.16. The highest BCUT2D eigenvalue weighted by molar-refractivity contribution is 6.04. The van der Waals surface area contributed by atoms with Crippen molar-refractivity contribution in [2.24, 2.45) is 7.05 Å². The minimum atomic E-state index is -1.05. The molecule has 1 N–H and O–H groups in total. The number of hydrogen-bond donors (Lipinski definition) is 1. The number of benzene rings is 2. The first-order chi connectivity index (χ1) is 14.3. The van der Waals surface area contributed by atoms with Crippen molar-refractivity contribution in [1.29, 1.82) is 0 Å². The van der Waals surface area contributed by atoms with Gasteiger partial charge in [-0.25, -0.2) is 4.79 Å². The Morgan fingerprint density at radius 3 is 2.37 bits per heavy atom. The Kier molecular flexibility index (Phi) is 6.15. The molecule has 30 heavy (non-hydrogen) atoms. The Hall–Kier alpha value is -3.68. The van der Waals surface area contributed by atoms with Crippen LogP contribution in [0.5, 0.6) is 0 Å². The lowest BCUT2D eigenvalue weighted by atomic mass is 10.1. The van der Waals surface area contributed by atoms with Crippen LogP contribution in [0.3, 0.4) is 0 Å². The number of carbonyl (C=O) groups is 3. The summed E-state index contributed by atoms with van der Waals surface area (Å²) >= 11 is 0. The van der Waals surface area contributed by atoms with Crippen molar-refractivity contribution in [1.82, 2.24) is 9.13 Å². The van der Waals surface area contributed by atoms with Crippen LogP contribution in [0.1, 0.15) is 30.6 Å². The van der Waals surface area contributed by atoms with Gasteiger partial charge in [0.1, 0.15) is 0 Å². The van der Waals surface area contributed by atoms with Gasteiger partial charge in [0.2, 0.25) is 0 Å². The predicted molar refractivity (Wildman–Crippen MR) is 112 cm³/mol. The molecule has 8 nitrogen and oxygen atoms in total. The number of ether oxygens (including phenoxy) is 1. The van der Waals surface area contributed by atoms with Crippen LogP contribution in [-0.2, 0) is 27.9 Å². The Bertz CT molecular complexity index is 1170. The van der Waals surface area contributed by atoms with Gasteiger partial charge in [0.05, 0.1) is 23.1 Å². The smallest absolute Gasteiger partial charge is 0.328 e. The molecule has 3 aromatic rings. The van der Waals surface area contributed by atoms with E-state index in [4.69, 9.17) is 4.74 Å². The average Bonchev–Trinajstić information content (AvgIpc) is 2.97. The minimum Gasteiger partial charge on any atom is -0.452 e. The lowest BCUT2D eigenvalue weighted by molar-refractivity contribution is -0.153. The van der Waals surface area contributed by atoms with E-state index in [1.165, 1.54) is 23.0 Å². The van der Waals surface area contributed by atoms with Crippen LogP contribution in [0, 0.1) is 0 Å². The lowest BCUT2D eigenvalue weighted by Gasteiger charge is -2.15. The molecule has 1 aromatic heterocycles. The van der Waals surface area contributed by atoms with E-state index in [1.807, 2.05) is 24.3 Å². The second-order valence-corrected chi connectivity index (χ2v) is 6.96. The number of Topliss-reactive ketones (excluding diaryl/α,β-unsaturated/α-hetero) is 1. The summed E-state index contributed by atoms with van der Waals surface area (Å²) in [6, 6.07) is 13.9.